The summed E-state index contributed by atoms with van der Waals surface area (Å²) in [5, 5.41) is 0. The van der Waals surface area contributed by atoms with Crippen LogP contribution in [0.2, 0.25) is 0 Å². The molecule has 250 valence electrons. The van der Waals surface area contributed by atoms with Gasteiger partial charge >= 0.3 is 18.3 Å². The van der Waals surface area contributed by atoms with Crippen molar-refractivity contribution in [3.8, 4) is 17.2 Å². The van der Waals surface area contributed by atoms with E-state index in [1.165, 1.54) is 12.8 Å². The van der Waals surface area contributed by atoms with Crippen molar-refractivity contribution in [1.82, 2.24) is 0 Å². The summed E-state index contributed by atoms with van der Waals surface area (Å²) in [6, 6.07) is 2.06. The third-order valence-electron chi connectivity index (χ3n) is 8.38. The molecule has 45 heavy (non-hydrogen) atoms. The van der Waals surface area contributed by atoms with Crippen LogP contribution in [0.4, 0.5) is 39.5 Å². The lowest BCUT2D eigenvalue weighted by Gasteiger charge is -2.39. The number of ether oxygens (including phenoxy) is 4. The van der Waals surface area contributed by atoms with E-state index in [1.54, 1.807) is 0 Å². The second-order valence-corrected chi connectivity index (χ2v) is 11.6. The smallest absolute Gasteiger partial charge is 0.432 e. The Kier molecular flexibility index (Phi) is 11.6. The van der Waals surface area contributed by atoms with Crippen molar-refractivity contribution >= 4 is 0 Å². The number of halogens is 9. The fourth-order valence-electron chi connectivity index (χ4n) is 6.01. The molecule has 4 rings (SSSR count). The van der Waals surface area contributed by atoms with Gasteiger partial charge in [0, 0.05) is 24.8 Å². The van der Waals surface area contributed by atoms with Gasteiger partial charge in [0.25, 0.3) is 0 Å². The van der Waals surface area contributed by atoms with E-state index in [4.69, 9.17) is 4.74 Å². The number of alkyl halides is 4. The lowest BCUT2D eigenvalue weighted by atomic mass is 9.76. The maximum Gasteiger partial charge on any atom is 0.432 e. The van der Waals surface area contributed by atoms with Crippen LogP contribution in [0.1, 0.15) is 76.7 Å². The Bertz CT molecular complexity index is 1280. The first kappa shape index (κ1) is 34.8. The molecule has 1 heterocycles. The highest BCUT2D eigenvalue weighted by Gasteiger charge is 2.46. The molecule has 1 saturated heterocycles. The molecule has 0 bridgehead atoms. The van der Waals surface area contributed by atoms with Crippen LogP contribution in [0.15, 0.2) is 42.7 Å². The van der Waals surface area contributed by atoms with Crippen molar-refractivity contribution < 1.29 is 58.5 Å². The first-order valence-corrected chi connectivity index (χ1v) is 15.0. The molecule has 2 unspecified atom stereocenters. The van der Waals surface area contributed by atoms with Gasteiger partial charge in [-0.1, -0.05) is 26.2 Å². The van der Waals surface area contributed by atoms with Crippen molar-refractivity contribution in [1.29, 1.82) is 0 Å². The van der Waals surface area contributed by atoms with Gasteiger partial charge in [-0.05, 0) is 68.9 Å². The minimum atomic E-state index is -4.73. The van der Waals surface area contributed by atoms with Gasteiger partial charge in [0.05, 0.1) is 12.0 Å². The van der Waals surface area contributed by atoms with Gasteiger partial charge in [0.1, 0.15) is 28.7 Å². The van der Waals surface area contributed by atoms with E-state index in [-0.39, 0.29) is 43.3 Å². The zero-order valence-corrected chi connectivity index (χ0v) is 24.6. The van der Waals surface area contributed by atoms with Gasteiger partial charge in [0.15, 0.2) is 17.8 Å². The van der Waals surface area contributed by atoms with Crippen molar-refractivity contribution in [2.45, 2.75) is 89.5 Å². The van der Waals surface area contributed by atoms with Crippen molar-refractivity contribution in [3.05, 3.63) is 65.7 Å². The van der Waals surface area contributed by atoms with Crippen molar-refractivity contribution in [3.63, 3.8) is 0 Å². The molecular weight excluding hydrogens is 619 g/mol. The summed E-state index contributed by atoms with van der Waals surface area (Å²) in [7, 11) is 0. The Hall–Kier alpha value is -3.09. The quantitative estimate of drug-likeness (QED) is 0.122. The van der Waals surface area contributed by atoms with E-state index in [0.717, 1.165) is 25.7 Å². The van der Waals surface area contributed by atoms with Crippen LogP contribution in [-0.4, -0.2) is 18.8 Å². The predicted octanol–water partition coefficient (Wildman–Crippen LogP) is 10.5. The van der Waals surface area contributed by atoms with E-state index in [2.05, 4.69) is 21.1 Å². The maximum atomic E-state index is 15.1. The Labute approximate surface area is 255 Å². The van der Waals surface area contributed by atoms with Crippen LogP contribution in [0.25, 0.3) is 0 Å². The largest absolute Gasteiger partial charge is 0.456 e. The number of hydrogen-bond acceptors (Lipinski definition) is 4. The molecule has 0 radical (unpaired) electrons. The summed E-state index contributed by atoms with van der Waals surface area (Å²) in [6.45, 7) is 2.82. The lowest BCUT2D eigenvalue weighted by Crippen LogP contribution is -2.40. The van der Waals surface area contributed by atoms with Gasteiger partial charge < -0.3 is 18.9 Å². The molecule has 2 aliphatic rings. The highest BCUT2D eigenvalue weighted by atomic mass is 19.3. The van der Waals surface area contributed by atoms with Gasteiger partial charge in [0.2, 0.25) is 0 Å². The molecule has 0 aromatic heterocycles. The molecule has 1 aliphatic heterocycles. The first-order chi connectivity index (χ1) is 21.3. The second kappa shape index (κ2) is 15.0. The van der Waals surface area contributed by atoms with Crippen LogP contribution in [0, 0.1) is 35.2 Å². The van der Waals surface area contributed by atoms with Gasteiger partial charge in [-0.25, -0.2) is 13.2 Å². The third kappa shape index (κ3) is 9.23. The number of unbranched alkanes of at least 4 members (excludes halogenated alkanes) is 2. The first-order valence-electron chi connectivity index (χ1n) is 15.0. The average Bonchev–Trinajstić information content (AvgIpc) is 2.96. The molecule has 1 saturated carbocycles. The van der Waals surface area contributed by atoms with E-state index >= 15 is 8.78 Å². The van der Waals surface area contributed by atoms with E-state index in [0.29, 0.717) is 43.6 Å². The van der Waals surface area contributed by atoms with E-state index < -0.39 is 64.5 Å². The van der Waals surface area contributed by atoms with Gasteiger partial charge in [-0.15, -0.1) is 0 Å². The Balaban J connectivity index is 1.34. The van der Waals surface area contributed by atoms with Gasteiger partial charge in [-0.3, -0.25) is 0 Å². The maximum absolute atomic E-state index is 15.1. The summed E-state index contributed by atoms with van der Waals surface area (Å²) in [5.41, 5.74) is -1.93. The fraction of sp³-hybridized carbons (Fsp3) is 0.562. The van der Waals surface area contributed by atoms with Crippen LogP contribution in [-0.2, 0) is 10.8 Å². The molecule has 0 amide bonds. The van der Waals surface area contributed by atoms with Crippen molar-refractivity contribution in [2.75, 3.05) is 6.61 Å². The predicted molar refractivity (Wildman–Crippen MR) is 146 cm³/mol. The molecule has 13 heteroatoms. The third-order valence-corrected chi connectivity index (χ3v) is 8.38. The highest BCUT2D eigenvalue weighted by Crippen LogP contribution is 2.44. The molecular formula is C32H35F9O4. The molecule has 2 aromatic rings. The van der Waals surface area contributed by atoms with Gasteiger partial charge in [-0.2, -0.15) is 26.3 Å². The molecule has 2 atom stereocenters. The highest BCUT2D eigenvalue weighted by molar-refractivity contribution is 5.36. The number of hydrogen-bond donors (Lipinski definition) is 0. The molecule has 2 aromatic carbocycles. The number of rotatable bonds is 13. The molecule has 0 N–H and O–H groups in total. The summed E-state index contributed by atoms with van der Waals surface area (Å²) in [5.74, 6) is -8.58. The summed E-state index contributed by atoms with van der Waals surface area (Å²) < 4.78 is 147. The summed E-state index contributed by atoms with van der Waals surface area (Å²) in [6.07, 6.45) is -3.26. The Morgan fingerprint density at radius 3 is 2.09 bits per heavy atom. The minimum Gasteiger partial charge on any atom is -0.456 e. The normalized spacial score (nSPS) is 22.5. The van der Waals surface area contributed by atoms with Crippen LogP contribution in [0.3, 0.4) is 0 Å². The Morgan fingerprint density at radius 2 is 1.51 bits per heavy atom. The number of benzene rings is 2. The summed E-state index contributed by atoms with van der Waals surface area (Å²) in [4.78, 5) is 0. The van der Waals surface area contributed by atoms with Crippen LogP contribution < -0.4 is 14.2 Å². The molecule has 4 nitrogen and oxygen atoms in total. The van der Waals surface area contributed by atoms with E-state index in [1.807, 2.05) is 0 Å². The Morgan fingerprint density at radius 1 is 0.844 bits per heavy atom. The van der Waals surface area contributed by atoms with Crippen molar-refractivity contribution in [2.24, 2.45) is 17.8 Å². The standard InChI is InChI=1S/C32H35F9O4/c1-2-3-4-5-19-6-12-27(42-17-19)20-7-9-21(10-8-20)31(38,39)45-23-15-25(34)30(26(35)16-23)32(40,41)44-22-11-13-28(24(33)14-22)43-18-29(36)37/h11,13-16,18-21,27H,2-10,12,17H2,1H3. The zero-order chi connectivity index (χ0) is 32.8. The van der Waals surface area contributed by atoms with Crippen LogP contribution in [0.5, 0.6) is 17.2 Å². The minimum absolute atomic E-state index is 0.00777. The molecule has 2 fully saturated rings. The monoisotopic (exact) mass is 654 g/mol. The fourth-order valence-corrected chi connectivity index (χ4v) is 6.01. The summed E-state index contributed by atoms with van der Waals surface area (Å²) >= 11 is 0. The zero-order valence-electron chi connectivity index (χ0n) is 24.6. The molecule has 1 aliphatic carbocycles. The average molecular weight is 655 g/mol. The molecule has 0 spiro atoms. The van der Waals surface area contributed by atoms with Crippen LogP contribution >= 0.6 is 0 Å². The topological polar surface area (TPSA) is 36.9 Å². The SMILES string of the molecule is CCCCCC1CCC(C2CCC(C(F)(F)Oc3cc(F)c(C(F)(F)Oc4ccc(OC=C(F)F)c(F)c4)c(F)c3)CC2)OC1. The lowest BCUT2D eigenvalue weighted by molar-refractivity contribution is -0.225. The van der Waals surface area contributed by atoms with E-state index in [9.17, 15) is 30.7 Å². The second-order valence-electron chi connectivity index (χ2n) is 11.6.